The number of halogens is 1. The van der Waals surface area contributed by atoms with Gasteiger partial charge in [-0.15, -0.1) is 0 Å². The molecular weight excluding hydrogens is 243 g/mol. The second kappa shape index (κ2) is 4.93. The summed E-state index contributed by atoms with van der Waals surface area (Å²) in [5, 5.41) is 12.7. The normalized spacial score (nSPS) is 31.7. The fourth-order valence-corrected chi connectivity index (χ4v) is 3.66. The van der Waals surface area contributed by atoms with E-state index in [0.717, 1.165) is 12.8 Å². The average molecular weight is 262 g/mol. The SMILES string of the molecule is CN1C2CCC1CC(/C(=N/O)c1ccccc1F)C2. The van der Waals surface area contributed by atoms with Crippen molar-refractivity contribution in [2.45, 2.75) is 37.8 Å². The van der Waals surface area contributed by atoms with Gasteiger partial charge in [0.2, 0.25) is 0 Å². The van der Waals surface area contributed by atoms with E-state index in [-0.39, 0.29) is 11.7 Å². The molecule has 2 fully saturated rings. The topological polar surface area (TPSA) is 35.8 Å². The zero-order valence-corrected chi connectivity index (χ0v) is 11.1. The third-order valence-corrected chi connectivity index (χ3v) is 4.74. The van der Waals surface area contributed by atoms with Crippen molar-refractivity contribution in [1.29, 1.82) is 0 Å². The Morgan fingerprint density at radius 2 is 1.89 bits per heavy atom. The maximum absolute atomic E-state index is 13.9. The number of piperidine rings is 1. The van der Waals surface area contributed by atoms with Crippen molar-refractivity contribution < 1.29 is 9.60 Å². The second-order valence-corrected chi connectivity index (χ2v) is 5.68. The molecule has 102 valence electrons. The summed E-state index contributed by atoms with van der Waals surface area (Å²) in [7, 11) is 2.16. The molecule has 2 aliphatic heterocycles. The van der Waals surface area contributed by atoms with Crippen LogP contribution in [0.2, 0.25) is 0 Å². The van der Waals surface area contributed by atoms with Crippen LogP contribution in [-0.2, 0) is 0 Å². The van der Waals surface area contributed by atoms with Gasteiger partial charge in [-0.25, -0.2) is 4.39 Å². The van der Waals surface area contributed by atoms with Crippen LogP contribution in [0, 0.1) is 11.7 Å². The monoisotopic (exact) mass is 262 g/mol. The van der Waals surface area contributed by atoms with E-state index >= 15 is 0 Å². The summed E-state index contributed by atoms with van der Waals surface area (Å²) in [4.78, 5) is 2.42. The zero-order valence-electron chi connectivity index (χ0n) is 11.1. The minimum Gasteiger partial charge on any atom is -0.411 e. The Bertz CT molecular complexity index is 489. The van der Waals surface area contributed by atoms with E-state index in [1.54, 1.807) is 18.2 Å². The number of rotatable bonds is 2. The lowest BCUT2D eigenvalue weighted by molar-refractivity contribution is 0.156. The number of nitrogens with zero attached hydrogens (tertiary/aromatic N) is 2. The van der Waals surface area contributed by atoms with Crippen LogP contribution in [0.4, 0.5) is 4.39 Å². The van der Waals surface area contributed by atoms with Crippen molar-refractivity contribution in [3.8, 4) is 0 Å². The Hall–Kier alpha value is -1.42. The average Bonchev–Trinajstić information content (AvgIpc) is 2.65. The van der Waals surface area contributed by atoms with Gasteiger partial charge in [0.15, 0.2) is 0 Å². The van der Waals surface area contributed by atoms with Crippen molar-refractivity contribution in [2.75, 3.05) is 7.05 Å². The molecule has 2 unspecified atom stereocenters. The molecule has 0 spiro atoms. The molecule has 0 radical (unpaired) electrons. The van der Waals surface area contributed by atoms with Crippen LogP contribution < -0.4 is 0 Å². The standard InChI is InChI=1S/C15H19FN2O/c1-18-11-6-7-12(18)9-10(8-11)15(17-19)13-4-2-3-5-14(13)16/h2-5,10-12,19H,6-9H2,1H3/b17-15-. The summed E-state index contributed by atoms with van der Waals surface area (Å²) in [6.45, 7) is 0. The molecule has 0 aliphatic carbocycles. The molecule has 2 saturated heterocycles. The third-order valence-electron chi connectivity index (χ3n) is 4.74. The van der Waals surface area contributed by atoms with Crippen molar-refractivity contribution in [3.05, 3.63) is 35.6 Å². The van der Waals surface area contributed by atoms with Gasteiger partial charge in [-0.1, -0.05) is 23.4 Å². The minimum absolute atomic E-state index is 0.163. The number of fused-ring (bicyclic) bond motifs is 2. The van der Waals surface area contributed by atoms with Gasteiger partial charge in [0.05, 0.1) is 5.71 Å². The molecule has 0 saturated carbocycles. The molecule has 1 N–H and O–H groups in total. The molecule has 1 aromatic rings. The van der Waals surface area contributed by atoms with Crippen molar-refractivity contribution >= 4 is 5.71 Å². The number of hydrogen-bond donors (Lipinski definition) is 1. The van der Waals surface area contributed by atoms with Crippen LogP contribution in [0.3, 0.4) is 0 Å². The van der Waals surface area contributed by atoms with Crippen molar-refractivity contribution in [1.82, 2.24) is 4.90 Å². The Morgan fingerprint density at radius 1 is 1.26 bits per heavy atom. The third kappa shape index (κ3) is 2.14. The molecule has 3 rings (SSSR count). The summed E-state index contributed by atoms with van der Waals surface area (Å²) in [5.74, 6) is -0.142. The van der Waals surface area contributed by atoms with E-state index in [1.165, 1.54) is 18.9 Å². The van der Waals surface area contributed by atoms with E-state index in [4.69, 9.17) is 0 Å². The van der Waals surface area contributed by atoms with Gasteiger partial charge < -0.3 is 10.1 Å². The summed E-state index contributed by atoms with van der Waals surface area (Å²) < 4.78 is 13.9. The Morgan fingerprint density at radius 3 is 2.47 bits per heavy atom. The first-order chi connectivity index (χ1) is 9.20. The Balaban J connectivity index is 1.87. The maximum atomic E-state index is 13.9. The first-order valence-corrected chi connectivity index (χ1v) is 6.89. The van der Waals surface area contributed by atoms with Gasteiger partial charge in [0, 0.05) is 23.6 Å². The van der Waals surface area contributed by atoms with Crippen LogP contribution in [-0.4, -0.2) is 35.0 Å². The predicted molar refractivity (Wildman–Crippen MR) is 72.0 cm³/mol. The molecule has 1 aromatic carbocycles. The number of benzene rings is 1. The van der Waals surface area contributed by atoms with Gasteiger partial charge in [-0.3, -0.25) is 0 Å². The van der Waals surface area contributed by atoms with Gasteiger partial charge >= 0.3 is 0 Å². The lowest BCUT2D eigenvalue weighted by Crippen LogP contribution is -2.42. The summed E-state index contributed by atoms with van der Waals surface area (Å²) in [6, 6.07) is 7.66. The lowest BCUT2D eigenvalue weighted by Gasteiger charge is -2.36. The minimum atomic E-state index is -0.304. The van der Waals surface area contributed by atoms with E-state index in [2.05, 4.69) is 17.1 Å². The lowest BCUT2D eigenvalue weighted by atomic mass is 9.84. The molecular formula is C15H19FN2O. The summed E-state index contributed by atoms with van der Waals surface area (Å²) >= 11 is 0. The highest BCUT2D eigenvalue weighted by Gasteiger charge is 2.40. The second-order valence-electron chi connectivity index (χ2n) is 5.68. The van der Waals surface area contributed by atoms with Gasteiger partial charge in [-0.2, -0.15) is 0 Å². The first kappa shape index (κ1) is 12.6. The molecule has 4 heteroatoms. The van der Waals surface area contributed by atoms with E-state index in [1.807, 2.05) is 0 Å². The van der Waals surface area contributed by atoms with Crippen LogP contribution in [0.25, 0.3) is 0 Å². The van der Waals surface area contributed by atoms with Gasteiger partial charge in [0.1, 0.15) is 5.82 Å². The Kier molecular flexibility index (Phi) is 3.27. The molecule has 0 aromatic heterocycles. The van der Waals surface area contributed by atoms with E-state index in [0.29, 0.717) is 23.4 Å². The largest absolute Gasteiger partial charge is 0.411 e. The van der Waals surface area contributed by atoms with Crippen LogP contribution in [0.5, 0.6) is 0 Å². The van der Waals surface area contributed by atoms with Gasteiger partial charge in [0.25, 0.3) is 0 Å². The molecule has 2 bridgehead atoms. The highest BCUT2D eigenvalue weighted by Crippen LogP contribution is 2.39. The van der Waals surface area contributed by atoms with E-state index < -0.39 is 0 Å². The van der Waals surface area contributed by atoms with Gasteiger partial charge in [-0.05, 0) is 38.8 Å². The van der Waals surface area contributed by atoms with Crippen molar-refractivity contribution in [3.63, 3.8) is 0 Å². The molecule has 2 atom stereocenters. The van der Waals surface area contributed by atoms with Crippen molar-refractivity contribution in [2.24, 2.45) is 11.1 Å². The van der Waals surface area contributed by atoms with E-state index in [9.17, 15) is 9.60 Å². The van der Waals surface area contributed by atoms with Crippen LogP contribution in [0.1, 0.15) is 31.2 Å². The zero-order chi connectivity index (χ0) is 13.4. The first-order valence-electron chi connectivity index (χ1n) is 6.89. The molecule has 0 amide bonds. The quantitative estimate of drug-likeness (QED) is 0.505. The molecule has 19 heavy (non-hydrogen) atoms. The number of hydrogen-bond acceptors (Lipinski definition) is 3. The van der Waals surface area contributed by atoms with Crippen LogP contribution in [0.15, 0.2) is 29.4 Å². The summed E-state index contributed by atoms with van der Waals surface area (Å²) in [6.07, 6.45) is 4.32. The molecule has 3 nitrogen and oxygen atoms in total. The predicted octanol–water partition coefficient (Wildman–Crippen LogP) is 2.88. The van der Waals surface area contributed by atoms with Crippen LogP contribution >= 0.6 is 0 Å². The summed E-state index contributed by atoms with van der Waals surface area (Å²) in [5.41, 5.74) is 0.960. The molecule has 2 aliphatic rings. The smallest absolute Gasteiger partial charge is 0.132 e. The highest BCUT2D eigenvalue weighted by atomic mass is 19.1. The fourth-order valence-electron chi connectivity index (χ4n) is 3.66. The number of oxime groups is 1. The Labute approximate surface area is 112 Å². The highest BCUT2D eigenvalue weighted by molar-refractivity contribution is 6.02. The maximum Gasteiger partial charge on any atom is 0.132 e. The fraction of sp³-hybridized carbons (Fsp3) is 0.533. The molecule has 2 heterocycles.